The van der Waals surface area contributed by atoms with Gasteiger partial charge in [0.15, 0.2) is 0 Å². The van der Waals surface area contributed by atoms with Crippen molar-refractivity contribution in [2.24, 2.45) is 0 Å². The Hall–Kier alpha value is -1.55. The molecule has 0 aliphatic carbocycles. The molecular formula is C11H14N2O2. The summed E-state index contributed by atoms with van der Waals surface area (Å²) in [5, 5.41) is 5.97. The van der Waals surface area contributed by atoms with Crippen molar-refractivity contribution in [3.05, 3.63) is 23.8 Å². The van der Waals surface area contributed by atoms with Crippen LogP contribution in [0.5, 0.6) is 5.75 Å². The first-order valence-electron chi connectivity index (χ1n) is 4.89. The average Bonchev–Trinajstić information content (AvgIpc) is 3.00. The smallest absolute Gasteiger partial charge is 0.221 e. The van der Waals surface area contributed by atoms with Gasteiger partial charge < -0.3 is 15.4 Å². The van der Waals surface area contributed by atoms with Crippen molar-refractivity contribution in [2.75, 3.05) is 19.0 Å². The van der Waals surface area contributed by atoms with Crippen LogP contribution in [0, 0.1) is 0 Å². The summed E-state index contributed by atoms with van der Waals surface area (Å²) in [6.07, 6.45) is 0. The van der Waals surface area contributed by atoms with Gasteiger partial charge in [-0.25, -0.2) is 0 Å². The molecule has 1 saturated heterocycles. The second-order valence-electron chi connectivity index (χ2n) is 3.60. The topological polar surface area (TPSA) is 60.3 Å². The van der Waals surface area contributed by atoms with Gasteiger partial charge in [-0.2, -0.15) is 0 Å². The molecule has 1 unspecified atom stereocenters. The van der Waals surface area contributed by atoms with E-state index in [0.29, 0.717) is 6.04 Å². The largest absolute Gasteiger partial charge is 0.496 e. The fraction of sp³-hybridized carbons (Fsp3) is 0.364. The maximum atomic E-state index is 10.9. The number of amides is 1. The molecule has 4 heteroatoms. The Kier molecular flexibility index (Phi) is 2.60. The molecule has 1 aliphatic heterocycles. The van der Waals surface area contributed by atoms with E-state index in [-0.39, 0.29) is 5.91 Å². The summed E-state index contributed by atoms with van der Waals surface area (Å²) in [5.41, 5.74) is 1.91. The van der Waals surface area contributed by atoms with Gasteiger partial charge in [0.05, 0.1) is 7.11 Å². The average molecular weight is 206 g/mol. The summed E-state index contributed by atoms with van der Waals surface area (Å²) in [4.78, 5) is 10.9. The monoisotopic (exact) mass is 206 g/mol. The lowest BCUT2D eigenvalue weighted by atomic mass is 10.1. The van der Waals surface area contributed by atoms with E-state index in [1.807, 2.05) is 18.2 Å². The number of anilines is 1. The molecule has 1 aromatic rings. The van der Waals surface area contributed by atoms with Crippen LogP contribution in [0.15, 0.2) is 18.2 Å². The molecule has 1 atom stereocenters. The van der Waals surface area contributed by atoms with Gasteiger partial charge >= 0.3 is 0 Å². The van der Waals surface area contributed by atoms with Crippen molar-refractivity contribution in [3.8, 4) is 5.75 Å². The van der Waals surface area contributed by atoms with E-state index in [1.165, 1.54) is 6.92 Å². The van der Waals surface area contributed by atoms with Crippen LogP contribution in [0.4, 0.5) is 5.69 Å². The molecule has 0 saturated carbocycles. The van der Waals surface area contributed by atoms with Crippen molar-refractivity contribution >= 4 is 11.6 Å². The maximum Gasteiger partial charge on any atom is 0.221 e. The lowest BCUT2D eigenvalue weighted by Crippen LogP contribution is -2.06. The summed E-state index contributed by atoms with van der Waals surface area (Å²) in [6, 6.07) is 6.03. The lowest BCUT2D eigenvalue weighted by Gasteiger charge is -2.09. The van der Waals surface area contributed by atoms with Crippen LogP contribution in [0.1, 0.15) is 18.5 Å². The van der Waals surface area contributed by atoms with Crippen LogP contribution in [0.2, 0.25) is 0 Å². The van der Waals surface area contributed by atoms with E-state index in [4.69, 9.17) is 4.74 Å². The van der Waals surface area contributed by atoms with E-state index in [9.17, 15) is 4.79 Å². The number of rotatable bonds is 3. The number of nitrogens with one attached hydrogen (secondary N) is 2. The third-order valence-corrected chi connectivity index (χ3v) is 2.33. The zero-order valence-corrected chi connectivity index (χ0v) is 8.83. The van der Waals surface area contributed by atoms with Crippen molar-refractivity contribution < 1.29 is 9.53 Å². The molecule has 0 spiro atoms. The Morgan fingerprint density at radius 2 is 2.33 bits per heavy atom. The molecule has 1 heterocycles. The molecule has 1 amide bonds. The first kappa shape index (κ1) is 9.98. The molecule has 0 radical (unpaired) electrons. The second kappa shape index (κ2) is 3.90. The van der Waals surface area contributed by atoms with Gasteiger partial charge in [0.1, 0.15) is 5.75 Å². The first-order chi connectivity index (χ1) is 7.20. The number of methoxy groups -OCH3 is 1. The minimum Gasteiger partial charge on any atom is -0.496 e. The predicted octanol–water partition coefficient (Wildman–Crippen LogP) is 1.30. The SMILES string of the molecule is COc1ccc(NC(C)=O)cc1C1CN1. The molecule has 1 aromatic carbocycles. The third-order valence-electron chi connectivity index (χ3n) is 2.33. The Balaban J connectivity index is 2.27. The number of hydrogen-bond donors (Lipinski definition) is 2. The molecule has 1 fully saturated rings. The lowest BCUT2D eigenvalue weighted by molar-refractivity contribution is -0.114. The highest BCUT2D eigenvalue weighted by molar-refractivity contribution is 5.88. The maximum absolute atomic E-state index is 10.9. The minimum atomic E-state index is -0.0603. The van der Waals surface area contributed by atoms with Gasteiger partial charge in [-0.1, -0.05) is 0 Å². The summed E-state index contributed by atoms with van der Waals surface area (Å²) in [7, 11) is 1.65. The van der Waals surface area contributed by atoms with Crippen LogP contribution >= 0.6 is 0 Å². The zero-order chi connectivity index (χ0) is 10.8. The third kappa shape index (κ3) is 2.27. The molecule has 1 aliphatic rings. The van der Waals surface area contributed by atoms with Gasteiger partial charge in [0, 0.05) is 30.8 Å². The number of ether oxygens (including phenoxy) is 1. The molecule has 15 heavy (non-hydrogen) atoms. The number of carbonyl (C=O) groups excluding carboxylic acids is 1. The van der Waals surface area contributed by atoms with E-state index < -0.39 is 0 Å². The zero-order valence-electron chi connectivity index (χ0n) is 8.83. The Labute approximate surface area is 88.6 Å². The highest BCUT2D eigenvalue weighted by atomic mass is 16.5. The summed E-state index contributed by atoms with van der Waals surface area (Å²) in [6.45, 7) is 2.47. The van der Waals surface area contributed by atoms with Crippen LogP contribution < -0.4 is 15.4 Å². The van der Waals surface area contributed by atoms with Crippen LogP contribution in [0.3, 0.4) is 0 Å². The molecule has 4 nitrogen and oxygen atoms in total. The normalized spacial score (nSPS) is 18.4. The molecule has 80 valence electrons. The van der Waals surface area contributed by atoms with Gasteiger partial charge in [-0.05, 0) is 18.2 Å². The molecule has 2 rings (SSSR count). The minimum absolute atomic E-state index is 0.0603. The van der Waals surface area contributed by atoms with Gasteiger partial charge in [-0.15, -0.1) is 0 Å². The van der Waals surface area contributed by atoms with Gasteiger partial charge in [0.2, 0.25) is 5.91 Å². The number of benzene rings is 1. The van der Waals surface area contributed by atoms with Gasteiger partial charge in [-0.3, -0.25) is 4.79 Å². The second-order valence-corrected chi connectivity index (χ2v) is 3.60. The number of hydrogen-bond acceptors (Lipinski definition) is 3. The summed E-state index contributed by atoms with van der Waals surface area (Å²) < 4.78 is 5.25. The Morgan fingerprint density at radius 1 is 1.60 bits per heavy atom. The van der Waals surface area contributed by atoms with Crippen molar-refractivity contribution in [1.29, 1.82) is 0 Å². The highest BCUT2D eigenvalue weighted by Gasteiger charge is 2.25. The van der Waals surface area contributed by atoms with Crippen LogP contribution in [0.25, 0.3) is 0 Å². The van der Waals surface area contributed by atoms with E-state index in [2.05, 4.69) is 10.6 Å². The quantitative estimate of drug-likeness (QED) is 0.733. The highest BCUT2D eigenvalue weighted by Crippen LogP contribution is 2.32. The predicted molar refractivity (Wildman–Crippen MR) is 58.0 cm³/mol. The van der Waals surface area contributed by atoms with Crippen molar-refractivity contribution in [3.63, 3.8) is 0 Å². The van der Waals surface area contributed by atoms with Gasteiger partial charge in [0.25, 0.3) is 0 Å². The molecule has 0 bridgehead atoms. The molecule has 2 N–H and O–H groups in total. The molecular weight excluding hydrogens is 192 g/mol. The van der Waals surface area contributed by atoms with Crippen LogP contribution in [-0.2, 0) is 4.79 Å². The first-order valence-corrected chi connectivity index (χ1v) is 4.89. The number of carbonyl (C=O) groups is 1. The summed E-state index contributed by atoms with van der Waals surface area (Å²) in [5.74, 6) is 0.800. The fourth-order valence-corrected chi connectivity index (χ4v) is 1.57. The molecule has 0 aromatic heterocycles. The standard InChI is InChI=1S/C11H14N2O2/c1-7(14)13-8-3-4-11(15-2)9(5-8)10-6-12-10/h3-5,10,12H,6H2,1-2H3,(H,13,14). The van der Waals surface area contributed by atoms with E-state index in [0.717, 1.165) is 23.5 Å². The summed E-state index contributed by atoms with van der Waals surface area (Å²) >= 11 is 0. The van der Waals surface area contributed by atoms with E-state index >= 15 is 0 Å². The van der Waals surface area contributed by atoms with Crippen molar-refractivity contribution in [2.45, 2.75) is 13.0 Å². The van der Waals surface area contributed by atoms with Crippen molar-refractivity contribution in [1.82, 2.24) is 5.32 Å². The van der Waals surface area contributed by atoms with Crippen LogP contribution in [-0.4, -0.2) is 19.6 Å². The van der Waals surface area contributed by atoms with E-state index in [1.54, 1.807) is 7.11 Å². The Bertz CT molecular complexity index is 386. The fourth-order valence-electron chi connectivity index (χ4n) is 1.57. The Morgan fingerprint density at radius 3 is 2.87 bits per heavy atom.